The lowest BCUT2D eigenvalue weighted by Gasteiger charge is -2.18. The van der Waals surface area contributed by atoms with Gasteiger partial charge in [0.1, 0.15) is 0 Å². The molecule has 1 aromatic carbocycles. The minimum absolute atomic E-state index is 0.194. The number of likely N-dealkylation sites (N-methyl/N-ethyl adjacent to an activating group) is 1. The Morgan fingerprint density at radius 2 is 1.76 bits per heavy atom. The Labute approximate surface area is 102 Å². The predicted octanol–water partition coefficient (Wildman–Crippen LogP) is 2.14. The minimum atomic E-state index is -0.214. The molecular weight excluding hydrogens is 214 g/mol. The lowest BCUT2D eigenvalue weighted by molar-refractivity contribution is -0.127. The number of carbonyl (C=O) groups is 2. The molecule has 0 bridgehead atoms. The van der Waals surface area contributed by atoms with Gasteiger partial charge in [0.25, 0.3) is 5.91 Å². The van der Waals surface area contributed by atoms with Gasteiger partial charge >= 0.3 is 0 Å². The van der Waals surface area contributed by atoms with Gasteiger partial charge in [-0.1, -0.05) is 30.3 Å². The Morgan fingerprint density at radius 3 is 2.24 bits per heavy atom. The molecule has 0 spiro atoms. The van der Waals surface area contributed by atoms with Crippen LogP contribution in [0.5, 0.6) is 0 Å². The van der Waals surface area contributed by atoms with Crippen molar-refractivity contribution in [2.45, 2.75) is 13.8 Å². The highest BCUT2D eigenvalue weighted by Gasteiger charge is 2.14. The first-order valence-electron chi connectivity index (χ1n) is 5.74. The number of carbonyl (C=O) groups excluding carboxylic acids is 2. The summed E-state index contributed by atoms with van der Waals surface area (Å²) in [6.45, 7) is 5.00. The molecule has 0 atom stereocenters. The fraction of sp³-hybridized carbons (Fsp3) is 0.286. The normalized spacial score (nSPS) is 11.1. The second-order valence-electron chi connectivity index (χ2n) is 3.61. The van der Waals surface area contributed by atoms with Crippen LogP contribution < -0.4 is 0 Å². The highest BCUT2D eigenvalue weighted by molar-refractivity contribution is 6.14. The molecule has 3 heteroatoms. The van der Waals surface area contributed by atoms with Crippen molar-refractivity contribution in [2.24, 2.45) is 0 Å². The maximum Gasteiger partial charge on any atom is 0.257 e. The first kappa shape index (κ1) is 13.2. The molecular formula is C14H17NO2. The molecule has 0 aromatic heterocycles. The standard InChI is InChI=1S/C14H17NO2/c1-3-15(4-2)14(17)13(11-16)10-12-8-6-5-7-9-12/h5-11H,3-4H2,1-2H3. The van der Waals surface area contributed by atoms with Crippen molar-refractivity contribution < 1.29 is 9.59 Å². The maximum absolute atomic E-state index is 12.0. The van der Waals surface area contributed by atoms with Crippen molar-refractivity contribution in [3.8, 4) is 0 Å². The van der Waals surface area contributed by atoms with Crippen LogP contribution in [0.1, 0.15) is 19.4 Å². The van der Waals surface area contributed by atoms with Gasteiger partial charge < -0.3 is 4.90 Å². The van der Waals surface area contributed by atoms with E-state index in [1.54, 1.807) is 11.0 Å². The van der Waals surface area contributed by atoms with Crippen molar-refractivity contribution in [1.29, 1.82) is 0 Å². The molecule has 3 nitrogen and oxygen atoms in total. The average Bonchev–Trinajstić information content (AvgIpc) is 2.38. The van der Waals surface area contributed by atoms with Gasteiger partial charge in [0, 0.05) is 13.1 Å². The molecule has 0 saturated heterocycles. The van der Waals surface area contributed by atoms with Crippen LogP contribution in [-0.4, -0.2) is 30.2 Å². The molecule has 1 aromatic rings. The van der Waals surface area contributed by atoms with Crippen LogP contribution in [0.25, 0.3) is 6.08 Å². The molecule has 0 N–H and O–H groups in total. The van der Waals surface area contributed by atoms with Crippen LogP contribution in [0, 0.1) is 0 Å². The number of rotatable bonds is 5. The van der Waals surface area contributed by atoms with Crippen molar-refractivity contribution in [3.63, 3.8) is 0 Å². The zero-order valence-electron chi connectivity index (χ0n) is 10.2. The monoisotopic (exact) mass is 231 g/mol. The first-order valence-corrected chi connectivity index (χ1v) is 5.74. The zero-order chi connectivity index (χ0) is 12.7. The van der Waals surface area contributed by atoms with E-state index in [9.17, 15) is 9.59 Å². The third kappa shape index (κ3) is 3.55. The highest BCUT2D eigenvalue weighted by Crippen LogP contribution is 2.07. The molecule has 0 radical (unpaired) electrons. The second kappa shape index (κ2) is 6.63. The van der Waals surface area contributed by atoms with Gasteiger partial charge in [-0.25, -0.2) is 0 Å². The van der Waals surface area contributed by atoms with Gasteiger partial charge in [-0.15, -0.1) is 0 Å². The number of hydrogen-bond acceptors (Lipinski definition) is 2. The molecule has 0 aliphatic heterocycles. The smallest absolute Gasteiger partial charge is 0.257 e. The van der Waals surface area contributed by atoms with E-state index in [1.807, 2.05) is 44.2 Å². The van der Waals surface area contributed by atoms with E-state index in [2.05, 4.69) is 0 Å². The van der Waals surface area contributed by atoms with Crippen LogP contribution in [0.15, 0.2) is 35.9 Å². The molecule has 0 aliphatic carbocycles. The molecule has 1 amide bonds. The fourth-order valence-electron chi connectivity index (χ4n) is 1.57. The largest absolute Gasteiger partial charge is 0.339 e. The van der Waals surface area contributed by atoms with E-state index in [1.165, 1.54) is 0 Å². The Morgan fingerprint density at radius 1 is 1.18 bits per heavy atom. The summed E-state index contributed by atoms with van der Waals surface area (Å²) >= 11 is 0. The van der Waals surface area contributed by atoms with Crippen molar-refractivity contribution >= 4 is 18.3 Å². The quantitative estimate of drug-likeness (QED) is 0.337. The minimum Gasteiger partial charge on any atom is -0.339 e. The van der Waals surface area contributed by atoms with Gasteiger partial charge in [0.15, 0.2) is 6.29 Å². The van der Waals surface area contributed by atoms with Gasteiger partial charge in [0.05, 0.1) is 5.57 Å². The molecule has 1 rings (SSSR count). The van der Waals surface area contributed by atoms with E-state index in [0.29, 0.717) is 19.4 Å². The Balaban J connectivity index is 2.96. The molecule has 0 saturated carbocycles. The summed E-state index contributed by atoms with van der Waals surface area (Å²) in [5, 5.41) is 0. The highest BCUT2D eigenvalue weighted by atomic mass is 16.2. The third-order valence-corrected chi connectivity index (χ3v) is 2.55. The Bertz CT molecular complexity index is 405. The Kier molecular flexibility index (Phi) is 5.14. The zero-order valence-corrected chi connectivity index (χ0v) is 10.2. The summed E-state index contributed by atoms with van der Waals surface area (Å²) in [5.74, 6) is -0.214. The molecule has 17 heavy (non-hydrogen) atoms. The van der Waals surface area contributed by atoms with Crippen LogP contribution in [0.2, 0.25) is 0 Å². The lowest BCUT2D eigenvalue weighted by Crippen LogP contribution is -2.32. The maximum atomic E-state index is 12.0. The fourth-order valence-corrected chi connectivity index (χ4v) is 1.57. The average molecular weight is 231 g/mol. The number of aldehydes is 1. The van der Waals surface area contributed by atoms with Crippen LogP contribution in [0.4, 0.5) is 0 Å². The summed E-state index contributed by atoms with van der Waals surface area (Å²) in [6.07, 6.45) is 2.24. The number of nitrogens with zero attached hydrogens (tertiary/aromatic N) is 1. The molecule has 90 valence electrons. The summed E-state index contributed by atoms with van der Waals surface area (Å²) in [6, 6.07) is 9.36. The summed E-state index contributed by atoms with van der Waals surface area (Å²) in [7, 11) is 0. The first-order chi connectivity index (χ1) is 8.22. The van der Waals surface area contributed by atoms with E-state index in [4.69, 9.17) is 0 Å². The molecule has 0 fully saturated rings. The number of amides is 1. The summed E-state index contributed by atoms with van der Waals surface area (Å²) in [5.41, 5.74) is 1.05. The van der Waals surface area contributed by atoms with Crippen LogP contribution in [-0.2, 0) is 9.59 Å². The van der Waals surface area contributed by atoms with E-state index in [0.717, 1.165) is 5.56 Å². The summed E-state index contributed by atoms with van der Waals surface area (Å²) < 4.78 is 0. The van der Waals surface area contributed by atoms with Crippen molar-refractivity contribution in [3.05, 3.63) is 41.5 Å². The van der Waals surface area contributed by atoms with Crippen LogP contribution >= 0.6 is 0 Å². The van der Waals surface area contributed by atoms with E-state index < -0.39 is 0 Å². The van der Waals surface area contributed by atoms with E-state index in [-0.39, 0.29) is 11.5 Å². The number of benzene rings is 1. The lowest BCUT2D eigenvalue weighted by atomic mass is 10.1. The third-order valence-electron chi connectivity index (χ3n) is 2.55. The van der Waals surface area contributed by atoms with Gasteiger partial charge in [-0.3, -0.25) is 9.59 Å². The van der Waals surface area contributed by atoms with Crippen LogP contribution in [0.3, 0.4) is 0 Å². The molecule has 0 heterocycles. The number of hydrogen-bond donors (Lipinski definition) is 0. The van der Waals surface area contributed by atoms with Gasteiger partial charge in [0.2, 0.25) is 0 Å². The molecule has 0 aliphatic rings. The Hall–Kier alpha value is -1.90. The molecule has 0 unspecified atom stereocenters. The van der Waals surface area contributed by atoms with Crippen molar-refractivity contribution in [1.82, 2.24) is 4.90 Å². The predicted molar refractivity (Wildman–Crippen MR) is 68.4 cm³/mol. The van der Waals surface area contributed by atoms with Gasteiger partial charge in [-0.05, 0) is 25.5 Å². The summed E-state index contributed by atoms with van der Waals surface area (Å²) in [4.78, 5) is 24.6. The van der Waals surface area contributed by atoms with Gasteiger partial charge in [-0.2, -0.15) is 0 Å². The van der Waals surface area contributed by atoms with E-state index >= 15 is 0 Å². The topological polar surface area (TPSA) is 37.4 Å². The van der Waals surface area contributed by atoms with Crippen molar-refractivity contribution in [2.75, 3.05) is 13.1 Å². The second-order valence-corrected chi connectivity index (χ2v) is 3.61. The SMILES string of the molecule is CCN(CC)C(=O)C(C=O)=Cc1ccccc1.